The Morgan fingerprint density at radius 3 is 2.11 bits per heavy atom. The van der Waals surface area contributed by atoms with Crippen LogP contribution in [0.3, 0.4) is 0 Å². The predicted octanol–water partition coefficient (Wildman–Crippen LogP) is 3.02. The zero-order chi connectivity index (χ0) is 27.2. The lowest BCUT2D eigenvalue weighted by Gasteiger charge is -2.42. The molecule has 1 aromatic carbocycles. The summed E-state index contributed by atoms with van der Waals surface area (Å²) in [5.74, 6) is 1.24. The molecule has 2 fully saturated rings. The summed E-state index contributed by atoms with van der Waals surface area (Å²) in [6.07, 6.45) is 5.35. The van der Waals surface area contributed by atoms with Gasteiger partial charge in [-0.05, 0) is 82.8 Å². The van der Waals surface area contributed by atoms with E-state index in [9.17, 15) is 13.2 Å². The van der Waals surface area contributed by atoms with Gasteiger partial charge in [0.1, 0.15) is 11.5 Å². The number of Topliss-reactive ketones (excluding diaryl/α,β-unsaturated/α-hetero) is 1. The van der Waals surface area contributed by atoms with Gasteiger partial charge in [-0.3, -0.25) is 14.6 Å². The summed E-state index contributed by atoms with van der Waals surface area (Å²) in [7, 11) is 3.72. The second kappa shape index (κ2) is 13.5. The second-order valence-electron chi connectivity index (χ2n) is 11.3. The number of piperazine rings is 1. The first-order valence-electron chi connectivity index (χ1n) is 13.8. The number of rotatable bonds is 12. The van der Waals surface area contributed by atoms with Crippen LogP contribution in [0.2, 0.25) is 0 Å². The summed E-state index contributed by atoms with van der Waals surface area (Å²) in [5.41, 5.74) is 1.31. The maximum Gasteiger partial charge on any atom is 0.243 e. The molecule has 0 unspecified atom stereocenters. The molecule has 1 aliphatic carbocycles. The number of carbonyl (C=O) groups excluding carboxylic acids is 1. The molecule has 1 saturated heterocycles. The molecule has 0 aromatic heterocycles. The quantitative estimate of drug-likeness (QED) is 0.407. The zero-order valence-corrected chi connectivity index (χ0v) is 24.6. The number of hydrogen-bond acceptors (Lipinski definition) is 7. The van der Waals surface area contributed by atoms with E-state index < -0.39 is 10.0 Å². The Hall–Kier alpha value is -1.52. The van der Waals surface area contributed by atoms with E-state index in [0.29, 0.717) is 40.2 Å². The van der Waals surface area contributed by atoms with Crippen LogP contribution in [-0.4, -0.2) is 113 Å². The number of hydrogen-bond donors (Lipinski definition) is 0. The van der Waals surface area contributed by atoms with Gasteiger partial charge >= 0.3 is 0 Å². The van der Waals surface area contributed by atoms with Crippen molar-refractivity contribution in [2.75, 3.05) is 74.1 Å². The standard InChI is InChI=1S/C28H48N4O4S/c1-22-19-27(36-6)20-23(2)28(22)37(34,35)30(5)12-11-26(33)21-24-7-9-25(10-8-24)32-17-15-31(16-18-32)14-13-29(3)4/h19-20,24-25H,7-18,21H2,1-6H3. The Balaban J connectivity index is 1.41. The predicted molar refractivity (Wildman–Crippen MR) is 149 cm³/mol. The minimum atomic E-state index is -3.67. The molecular weight excluding hydrogens is 488 g/mol. The highest BCUT2D eigenvalue weighted by Crippen LogP contribution is 2.31. The Morgan fingerprint density at radius 1 is 0.973 bits per heavy atom. The highest BCUT2D eigenvalue weighted by Gasteiger charge is 2.30. The van der Waals surface area contributed by atoms with E-state index in [-0.39, 0.29) is 18.7 Å². The van der Waals surface area contributed by atoms with Crippen LogP contribution in [0.4, 0.5) is 0 Å². The Morgan fingerprint density at radius 2 is 1.57 bits per heavy atom. The smallest absolute Gasteiger partial charge is 0.243 e. The Kier molecular flexibility index (Phi) is 11.0. The fraction of sp³-hybridized carbons (Fsp3) is 0.750. The first-order chi connectivity index (χ1) is 17.5. The van der Waals surface area contributed by atoms with Crippen molar-refractivity contribution in [1.29, 1.82) is 0 Å². The number of likely N-dealkylation sites (N-methyl/N-ethyl adjacent to an activating group) is 1. The van der Waals surface area contributed by atoms with Gasteiger partial charge in [0.25, 0.3) is 0 Å². The number of methoxy groups -OCH3 is 1. The second-order valence-corrected chi connectivity index (χ2v) is 13.2. The number of sulfonamides is 1. The molecule has 37 heavy (non-hydrogen) atoms. The van der Waals surface area contributed by atoms with Crippen LogP contribution in [0.25, 0.3) is 0 Å². The Bertz CT molecular complexity index is 974. The van der Waals surface area contributed by atoms with Crippen molar-refractivity contribution in [3.8, 4) is 5.75 Å². The molecule has 0 bridgehead atoms. The van der Waals surface area contributed by atoms with E-state index in [1.54, 1.807) is 40.1 Å². The van der Waals surface area contributed by atoms with Gasteiger partial charge in [0.15, 0.2) is 0 Å². The monoisotopic (exact) mass is 536 g/mol. The van der Waals surface area contributed by atoms with Gasteiger partial charge in [0, 0.05) is 71.7 Å². The SMILES string of the molecule is COc1cc(C)c(S(=O)(=O)N(C)CCC(=O)CC2CCC(N3CCN(CCN(C)C)CC3)CC2)c(C)c1. The lowest BCUT2D eigenvalue weighted by molar-refractivity contribution is -0.120. The molecule has 8 nitrogen and oxygen atoms in total. The van der Waals surface area contributed by atoms with Crippen molar-refractivity contribution in [3.05, 3.63) is 23.3 Å². The maximum atomic E-state index is 13.2. The van der Waals surface area contributed by atoms with E-state index in [4.69, 9.17) is 4.74 Å². The van der Waals surface area contributed by atoms with Crippen LogP contribution < -0.4 is 4.74 Å². The van der Waals surface area contributed by atoms with Crippen molar-refractivity contribution in [2.24, 2.45) is 5.92 Å². The van der Waals surface area contributed by atoms with Crippen LogP contribution >= 0.6 is 0 Å². The maximum absolute atomic E-state index is 13.2. The van der Waals surface area contributed by atoms with E-state index in [1.807, 2.05) is 0 Å². The molecule has 1 saturated carbocycles. The summed E-state index contributed by atoms with van der Waals surface area (Å²) in [4.78, 5) is 20.5. The molecule has 1 aromatic rings. The molecular formula is C28H48N4O4S. The average Bonchev–Trinajstić information content (AvgIpc) is 2.86. The number of nitrogens with zero attached hydrogens (tertiary/aromatic N) is 4. The largest absolute Gasteiger partial charge is 0.497 e. The fourth-order valence-corrected chi connectivity index (χ4v) is 7.40. The number of carbonyl (C=O) groups is 1. The van der Waals surface area contributed by atoms with Crippen molar-refractivity contribution in [3.63, 3.8) is 0 Å². The van der Waals surface area contributed by atoms with Crippen molar-refractivity contribution in [1.82, 2.24) is 19.0 Å². The molecule has 0 amide bonds. The third kappa shape index (κ3) is 8.23. The topological polar surface area (TPSA) is 73.4 Å². The van der Waals surface area contributed by atoms with Gasteiger partial charge in [-0.15, -0.1) is 0 Å². The van der Waals surface area contributed by atoms with Crippen molar-refractivity contribution < 1.29 is 17.9 Å². The van der Waals surface area contributed by atoms with Gasteiger partial charge in [-0.1, -0.05) is 0 Å². The minimum Gasteiger partial charge on any atom is -0.497 e. The molecule has 1 heterocycles. The van der Waals surface area contributed by atoms with Gasteiger partial charge in [0.2, 0.25) is 10.0 Å². The third-order valence-corrected chi connectivity index (χ3v) is 10.3. The van der Waals surface area contributed by atoms with Crippen molar-refractivity contribution >= 4 is 15.8 Å². The van der Waals surface area contributed by atoms with Crippen LogP contribution in [0.15, 0.2) is 17.0 Å². The Labute approximate surface area is 225 Å². The number of aryl methyl sites for hydroxylation is 2. The first kappa shape index (κ1) is 30.0. The van der Waals surface area contributed by atoms with Crippen molar-refractivity contribution in [2.45, 2.75) is 63.3 Å². The highest BCUT2D eigenvalue weighted by atomic mass is 32.2. The number of benzene rings is 1. The zero-order valence-electron chi connectivity index (χ0n) is 23.8. The normalized spacial score (nSPS) is 22.1. The lowest BCUT2D eigenvalue weighted by Crippen LogP contribution is -2.52. The number of ketones is 1. The molecule has 1 aliphatic heterocycles. The summed E-state index contributed by atoms with van der Waals surface area (Å²) in [6.45, 7) is 10.6. The van der Waals surface area contributed by atoms with Gasteiger partial charge in [-0.2, -0.15) is 0 Å². The third-order valence-electron chi connectivity index (χ3n) is 8.16. The summed E-state index contributed by atoms with van der Waals surface area (Å²) in [5, 5.41) is 0. The van der Waals surface area contributed by atoms with Crippen LogP contribution in [-0.2, 0) is 14.8 Å². The van der Waals surface area contributed by atoms with E-state index in [0.717, 1.165) is 52.1 Å². The molecule has 9 heteroatoms. The van der Waals surface area contributed by atoms with Crippen LogP contribution in [0, 0.1) is 19.8 Å². The van der Waals surface area contributed by atoms with Gasteiger partial charge < -0.3 is 9.64 Å². The molecule has 0 atom stereocenters. The van der Waals surface area contributed by atoms with Crippen LogP contribution in [0.5, 0.6) is 5.75 Å². The highest BCUT2D eigenvalue weighted by molar-refractivity contribution is 7.89. The molecule has 0 N–H and O–H groups in total. The fourth-order valence-electron chi connectivity index (χ4n) is 5.83. The summed E-state index contributed by atoms with van der Waals surface area (Å²) >= 11 is 0. The lowest BCUT2D eigenvalue weighted by atomic mass is 9.82. The first-order valence-corrected chi connectivity index (χ1v) is 15.2. The van der Waals surface area contributed by atoms with E-state index >= 15 is 0 Å². The average molecular weight is 537 g/mol. The molecule has 210 valence electrons. The summed E-state index contributed by atoms with van der Waals surface area (Å²) in [6, 6.07) is 4.12. The van der Waals surface area contributed by atoms with E-state index in [2.05, 4.69) is 28.8 Å². The molecule has 0 radical (unpaired) electrons. The number of ether oxygens (including phenoxy) is 1. The summed E-state index contributed by atoms with van der Waals surface area (Å²) < 4.78 is 33.0. The van der Waals surface area contributed by atoms with E-state index in [1.165, 1.54) is 17.1 Å². The van der Waals surface area contributed by atoms with Gasteiger partial charge in [-0.25, -0.2) is 12.7 Å². The minimum absolute atomic E-state index is 0.170. The van der Waals surface area contributed by atoms with Gasteiger partial charge in [0.05, 0.1) is 12.0 Å². The molecule has 2 aliphatic rings. The molecule has 0 spiro atoms. The molecule has 3 rings (SSSR count). The van der Waals surface area contributed by atoms with Crippen LogP contribution in [0.1, 0.15) is 49.7 Å².